The van der Waals surface area contributed by atoms with Crippen LogP contribution in [0.25, 0.3) is 5.65 Å². The average molecular weight is 348 g/mol. The summed E-state index contributed by atoms with van der Waals surface area (Å²) in [5, 5.41) is 4.06. The lowest BCUT2D eigenvalue weighted by molar-refractivity contribution is 0.102. The van der Waals surface area contributed by atoms with Crippen molar-refractivity contribution in [3.8, 4) is 0 Å². The third-order valence-electron chi connectivity index (χ3n) is 3.46. The first-order valence-corrected chi connectivity index (χ1v) is 8.07. The second kappa shape index (κ2) is 6.60. The van der Waals surface area contributed by atoms with Crippen molar-refractivity contribution in [1.29, 1.82) is 0 Å². The van der Waals surface area contributed by atoms with E-state index in [1.54, 1.807) is 47.0 Å². The van der Waals surface area contributed by atoms with Crippen molar-refractivity contribution in [3.63, 3.8) is 0 Å². The molecular weight excluding hydrogens is 333 g/mol. The van der Waals surface area contributed by atoms with Crippen LogP contribution in [-0.4, -0.2) is 15.3 Å². The van der Waals surface area contributed by atoms with Gasteiger partial charge in [-0.2, -0.15) is 0 Å². The average Bonchev–Trinajstić information content (AvgIpc) is 2.87. The third-order valence-corrected chi connectivity index (χ3v) is 3.93. The number of aromatic nitrogens is 2. The maximum absolute atomic E-state index is 12.7. The fourth-order valence-corrected chi connectivity index (χ4v) is 2.73. The van der Waals surface area contributed by atoms with Crippen LogP contribution < -0.4 is 5.32 Å². The number of aryl methyl sites for hydroxylation is 1. The van der Waals surface area contributed by atoms with Gasteiger partial charge in [-0.3, -0.25) is 9.20 Å². The zero-order valence-electron chi connectivity index (χ0n) is 12.5. The number of carbonyl (C=O) groups is 1. The predicted molar refractivity (Wildman–Crippen MR) is 93.6 cm³/mol. The number of halogens is 2. The highest BCUT2D eigenvalue weighted by molar-refractivity contribution is 6.31. The largest absolute Gasteiger partial charge is 0.321 e. The second-order valence-corrected chi connectivity index (χ2v) is 6.07. The molecule has 1 N–H and O–H groups in total. The Bertz CT molecular complexity index is 856. The molecule has 0 unspecified atom stereocenters. The van der Waals surface area contributed by atoms with Gasteiger partial charge in [0.15, 0.2) is 0 Å². The minimum atomic E-state index is -0.217. The maximum Gasteiger partial charge on any atom is 0.274 e. The molecule has 3 aromatic rings. The molecule has 6 heteroatoms. The van der Waals surface area contributed by atoms with Crippen molar-refractivity contribution >= 4 is 40.4 Å². The Labute approximate surface area is 144 Å². The molecule has 0 saturated heterocycles. The fraction of sp³-hybridized carbons (Fsp3) is 0.176. The van der Waals surface area contributed by atoms with Gasteiger partial charge in [0.1, 0.15) is 11.3 Å². The summed E-state index contributed by atoms with van der Waals surface area (Å²) in [5.41, 5.74) is 2.67. The number of benzene rings is 1. The number of carbonyl (C=O) groups excluding carboxylic acids is 1. The number of hydrogen-bond acceptors (Lipinski definition) is 2. The molecular formula is C17H15Cl2N3O. The lowest BCUT2D eigenvalue weighted by Gasteiger charge is -2.07. The first-order valence-electron chi connectivity index (χ1n) is 7.32. The van der Waals surface area contributed by atoms with Crippen LogP contribution in [0.5, 0.6) is 0 Å². The lowest BCUT2D eigenvalue weighted by atomic mass is 10.2. The molecule has 0 aliphatic rings. The van der Waals surface area contributed by atoms with Gasteiger partial charge in [-0.05, 0) is 42.8 Å². The van der Waals surface area contributed by atoms with Gasteiger partial charge >= 0.3 is 0 Å². The molecule has 0 aliphatic heterocycles. The van der Waals surface area contributed by atoms with Crippen LogP contribution in [-0.2, 0) is 6.42 Å². The number of imidazole rings is 1. The van der Waals surface area contributed by atoms with Crippen LogP contribution in [0.4, 0.5) is 5.69 Å². The molecule has 3 rings (SSSR count). The lowest BCUT2D eigenvalue weighted by Crippen LogP contribution is -2.16. The topological polar surface area (TPSA) is 46.4 Å². The molecule has 1 amide bonds. The summed E-state index contributed by atoms with van der Waals surface area (Å²) in [6.45, 7) is 2.05. The van der Waals surface area contributed by atoms with E-state index in [0.717, 1.165) is 18.5 Å². The SMILES string of the molecule is CCCc1nc2ccc(Cl)cn2c1C(=O)Nc1ccc(Cl)cc1. The van der Waals surface area contributed by atoms with Gasteiger partial charge in [-0.1, -0.05) is 36.5 Å². The van der Waals surface area contributed by atoms with Crippen LogP contribution in [0.2, 0.25) is 10.0 Å². The number of anilines is 1. The van der Waals surface area contributed by atoms with Gasteiger partial charge in [0.2, 0.25) is 0 Å². The molecule has 23 heavy (non-hydrogen) atoms. The van der Waals surface area contributed by atoms with Crippen molar-refractivity contribution in [2.75, 3.05) is 5.32 Å². The number of fused-ring (bicyclic) bond motifs is 1. The number of rotatable bonds is 4. The maximum atomic E-state index is 12.7. The minimum Gasteiger partial charge on any atom is -0.321 e. The Morgan fingerprint density at radius 1 is 1.13 bits per heavy atom. The van der Waals surface area contributed by atoms with Gasteiger partial charge < -0.3 is 5.32 Å². The van der Waals surface area contributed by atoms with Crippen LogP contribution in [0.15, 0.2) is 42.6 Å². The van der Waals surface area contributed by atoms with Gasteiger partial charge in [0.05, 0.1) is 10.7 Å². The molecule has 0 spiro atoms. The first kappa shape index (κ1) is 15.8. The van der Waals surface area contributed by atoms with E-state index in [2.05, 4.69) is 17.2 Å². The van der Waals surface area contributed by atoms with Crippen LogP contribution >= 0.6 is 23.2 Å². The Kier molecular flexibility index (Phi) is 4.55. The van der Waals surface area contributed by atoms with Crippen LogP contribution in [0.1, 0.15) is 29.5 Å². The van der Waals surface area contributed by atoms with E-state index in [1.807, 2.05) is 0 Å². The van der Waals surface area contributed by atoms with Gasteiger partial charge in [0.25, 0.3) is 5.91 Å². The minimum absolute atomic E-state index is 0.217. The zero-order chi connectivity index (χ0) is 16.4. The molecule has 0 atom stereocenters. The van der Waals surface area contributed by atoms with Crippen molar-refractivity contribution in [3.05, 3.63) is 64.0 Å². The van der Waals surface area contributed by atoms with Crippen molar-refractivity contribution < 1.29 is 4.79 Å². The van der Waals surface area contributed by atoms with E-state index in [-0.39, 0.29) is 5.91 Å². The number of pyridine rings is 1. The van der Waals surface area contributed by atoms with E-state index < -0.39 is 0 Å². The first-order chi connectivity index (χ1) is 11.1. The molecule has 118 valence electrons. The highest BCUT2D eigenvalue weighted by atomic mass is 35.5. The van der Waals surface area contributed by atoms with E-state index in [0.29, 0.717) is 27.1 Å². The molecule has 0 saturated carbocycles. The fourth-order valence-electron chi connectivity index (χ4n) is 2.44. The van der Waals surface area contributed by atoms with Crippen molar-refractivity contribution in [1.82, 2.24) is 9.38 Å². The molecule has 0 bridgehead atoms. The van der Waals surface area contributed by atoms with Crippen LogP contribution in [0.3, 0.4) is 0 Å². The van der Waals surface area contributed by atoms with E-state index in [9.17, 15) is 4.79 Å². The van der Waals surface area contributed by atoms with Crippen molar-refractivity contribution in [2.24, 2.45) is 0 Å². The highest BCUT2D eigenvalue weighted by Gasteiger charge is 2.19. The summed E-state index contributed by atoms with van der Waals surface area (Å²) >= 11 is 11.9. The molecule has 2 heterocycles. The Morgan fingerprint density at radius 3 is 2.52 bits per heavy atom. The standard InChI is InChI=1S/C17H15Cl2N3O/c1-2-3-14-16(22-10-12(19)6-9-15(22)21-14)17(23)20-13-7-4-11(18)5-8-13/h4-10H,2-3H2,1H3,(H,20,23). The van der Waals surface area contributed by atoms with Crippen LogP contribution in [0, 0.1) is 0 Å². The number of nitrogens with zero attached hydrogens (tertiary/aromatic N) is 2. The Morgan fingerprint density at radius 2 is 1.83 bits per heavy atom. The van der Waals surface area contributed by atoms with E-state index >= 15 is 0 Å². The third kappa shape index (κ3) is 3.33. The smallest absolute Gasteiger partial charge is 0.274 e. The van der Waals surface area contributed by atoms with E-state index in [1.165, 1.54) is 0 Å². The summed E-state index contributed by atoms with van der Waals surface area (Å²) in [6.07, 6.45) is 3.33. The quantitative estimate of drug-likeness (QED) is 0.733. The van der Waals surface area contributed by atoms with Gasteiger partial charge in [-0.15, -0.1) is 0 Å². The normalized spacial score (nSPS) is 10.9. The molecule has 4 nitrogen and oxygen atoms in total. The Hall–Kier alpha value is -2.04. The van der Waals surface area contributed by atoms with Crippen molar-refractivity contribution in [2.45, 2.75) is 19.8 Å². The Balaban J connectivity index is 2.02. The molecule has 0 fully saturated rings. The summed E-state index contributed by atoms with van der Waals surface area (Å²) in [4.78, 5) is 17.3. The van der Waals surface area contributed by atoms with Gasteiger partial charge in [0, 0.05) is 16.9 Å². The molecule has 0 radical (unpaired) electrons. The molecule has 0 aliphatic carbocycles. The predicted octanol–water partition coefficient (Wildman–Crippen LogP) is 4.85. The number of nitrogens with one attached hydrogen (secondary N) is 1. The molecule has 1 aromatic carbocycles. The number of hydrogen-bond donors (Lipinski definition) is 1. The number of amides is 1. The monoisotopic (exact) mass is 347 g/mol. The van der Waals surface area contributed by atoms with E-state index in [4.69, 9.17) is 23.2 Å². The summed E-state index contributed by atoms with van der Waals surface area (Å²) in [5.74, 6) is -0.217. The zero-order valence-corrected chi connectivity index (χ0v) is 14.0. The highest BCUT2D eigenvalue weighted by Crippen LogP contribution is 2.20. The second-order valence-electron chi connectivity index (χ2n) is 5.19. The summed E-state index contributed by atoms with van der Waals surface area (Å²) in [6, 6.07) is 10.6. The summed E-state index contributed by atoms with van der Waals surface area (Å²) < 4.78 is 1.73. The van der Waals surface area contributed by atoms with Gasteiger partial charge in [-0.25, -0.2) is 4.98 Å². The molecule has 2 aromatic heterocycles. The summed E-state index contributed by atoms with van der Waals surface area (Å²) in [7, 11) is 0.